The Bertz CT molecular complexity index is 952. The van der Waals surface area contributed by atoms with Crippen LogP contribution in [0.3, 0.4) is 0 Å². The van der Waals surface area contributed by atoms with E-state index in [1.807, 2.05) is 19.1 Å². The van der Waals surface area contributed by atoms with Crippen LogP contribution in [0.5, 0.6) is 0 Å². The fourth-order valence-corrected chi connectivity index (χ4v) is 4.50. The van der Waals surface area contributed by atoms with Gasteiger partial charge in [0.1, 0.15) is 11.6 Å². The largest absolute Gasteiger partial charge is 0.469 e. The second kappa shape index (κ2) is 9.73. The number of carbonyl (C=O) groups excluding carboxylic acids is 1. The number of fused-ring (bicyclic) bond motifs is 1. The van der Waals surface area contributed by atoms with Gasteiger partial charge in [-0.25, -0.2) is 8.42 Å². The third kappa shape index (κ3) is 5.93. The molecule has 0 saturated heterocycles. The van der Waals surface area contributed by atoms with E-state index in [2.05, 4.69) is 15.0 Å². The summed E-state index contributed by atoms with van der Waals surface area (Å²) in [4.78, 5) is 16.7. The standard InChI is InChI=1S/C21H27N3O4S/c1-16(12-13-17-8-7-15-28-17)23-20(25)11-3-2-6-14-22-21-18-9-4-5-10-19(18)29(26,27)24-21/h4-5,7-10,15-16H,2-3,6,11-14H2,1H3,(H,22,24)(H,23,25). The van der Waals surface area contributed by atoms with Gasteiger partial charge in [0.2, 0.25) is 5.91 Å². The smallest absolute Gasteiger partial charge is 0.263 e. The first-order valence-corrected chi connectivity index (χ1v) is 11.4. The van der Waals surface area contributed by atoms with Gasteiger partial charge in [-0.2, -0.15) is 0 Å². The summed E-state index contributed by atoms with van der Waals surface area (Å²) in [5, 5.41) is 3.01. The van der Waals surface area contributed by atoms with Crippen LogP contribution in [-0.2, 0) is 21.2 Å². The predicted octanol–water partition coefficient (Wildman–Crippen LogP) is 3.02. The monoisotopic (exact) mass is 417 g/mol. The van der Waals surface area contributed by atoms with Crippen molar-refractivity contribution >= 4 is 21.8 Å². The molecule has 1 aromatic heterocycles. The molecule has 0 spiro atoms. The van der Waals surface area contributed by atoms with Crippen LogP contribution >= 0.6 is 0 Å². The van der Waals surface area contributed by atoms with Crippen molar-refractivity contribution in [1.82, 2.24) is 10.0 Å². The molecule has 3 rings (SSSR count). The first-order valence-electron chi connectivity index (χ1n) is 9.94. The number of hydrogen-bond donors (Lipinski definition) is 2. The van der Waals surface area contributed by atoms with E-state index in [0.29, 0.717) is 24.4 Å². The molecule has 7 nitrogen and oxygen atoms in total. The highest BCUT2D eigenvalue weighted by atomic mass is 32.2. The fourth-order valence-electron chi connectivity index (χ4n) is 3.25. The Kier molecular flexibility index (Phi) is 7.09. The maximum atomic E-state index is 12.0. The van der Waals surface area contributed by atoms with Gasteiger partial charge in [0.25, 0.3) is 10.0 Å². The van der Waals surface area contributed by atoms with Crippen LogP contribution in [-0.4, -0.2) is 32.7 Å². The number of aryl methyl sites for hydroxylation is 1. The number of hydrogen-bond acceptors (Lipinski definition) is 5. The van der Waals surface area contributed by atoms with Crippen molar-refractivity contribution in [2.75, 3.05) is 6.54 Å². The Morgan fingerprint density at radius 2 is 2.00 bits per heavy atom. The van der Waals surface area contributed by atoms with Crippen LogP contribution in [0.25, 0.3) is 0 Å². The molecular formula is C21H27N3O4S. The molecule has 1 aliphatic rings. The zero-order valence-corrected chi connectivity index (χ0v) is 17.4. The first-order chi connectivity index (χ1) is 14.0. The highest BCUT2D eigenvalue weighted by molar-refractivity contribution is 7.90. The molecule has 1 amide bonds. The number of sulfonamides is 1. The van der Waals surface area contributed by atoms with E-state index in [9.17, 15) is 13.2 Å². The van der Waals surface area contributed by atoms with Gasteiger partial charge < -0.3 is 9.73 Å². The number of nitrogens with one attached hydrogen (secondary N) is 2. The summed E-state index contributed by atoms with van der Waals surface area (Å²) in [5.41, 5.74) is 0.621. The summed E-state index contributed by atoms with van der Waals surface area (Å²) in [5.74, 6) is 1.39. The highest BCUT2D eigenvalue weighted by Gasteiger charge is 2.29. The van der Waals surface area contributed by atoms with Crippen LogP contribution in [0.4, 0.5) is 0 Å². The van der Waals surface area contributed by atoms with Crippen molar-refractivity contribution < 1.29 is 17.6 Å². The predicted molar refractivity (Wildman–Crippen MR) is 111 cm³/mol. The first kappa shape index (κ1) is 21.1. The molecule has 0 radical (unpaired) electrons. The number of benzene rings is 1. The zero-order valence-electron chi connectivity index (χ0n) is 16.6. The Morgan fingerprint density at radius 1 is 1.17 bits per heavy atom. The Labute approximate surface area is 171 Å². The number of nitrogens with zero attached hydrogens (tertiary/aromatic N) is 1. The van der Waals surface area contributed by atoms with Gasteiger partial charge in [-0.05, 0) is 50.5 Å². The summed E-state index contributed by atoms with van der Waals surface area (Å²) >= 11 is 0. The lowest BCUT2D eigenvalue weighted by molar-refractivity contribution is -0.121. The van der Waals surface area contributed by atoms with Gasteiger partial charge >= 0.3 is 0 Å². The normalized spacial score (nSPS) is 16.9. The van der Waals surface area contributed by atoms with E-state index in [-0.39, 0.29) is 16.8 Å². The fraction of sp³-hybridized carbons (Fsp3) is 0.429. The van der Waals surface area contributed by atoms with Crippen molar-refractivity contribution in [1.29, 1.82) is 0 Å². The van der Waals surface area contributed by atoms with Crippen LogP contribution < -0.4 is 10.0 Å². The minimum absolute atomic E-state index is 0.0562. The third-order valence-electron chi connectivity index (χ3n) is 4.81. The molecule has 1 atom stereocenters. The molecule has 1 unspecified atom stereocenters. The summed E-state index contributed by atoms with van der Waals surface area (Å²) in [7, 11) is -3.48. The van der Waals surface area contributed by atoms with Gasteiger partial charge in [-0.1, -0.05) is 18.6 Å². The van der Waals surface area contributed by atoms with Gasteiger partial charge in [-0.15, -0.1) is 0 Å². The number of unbranched alkanes of at least 4 members (excludes halogenated alkanes) is 2. The molecule has 8 heteroatoms. The summed E-state index contributed by atoms with van der Waals surface area (Å²) in [6, 6.07) is 10.7. The quantitative estimate of drug-likeness (QED) is 0.580. The zero-order chi connectivity index (χ0) is 20.7. The average molecular weight is 418 g/mol. The van der Waals surface area contributed by atoms with E-state index in [1.54, 1.807) is 30.5 Å². The van der Waals surface area contributed by atoms with E-state index in [1.165, 1.54) is 0 Å². The molecule has 2 aromatic rings. The van der Waals surface area contributed by atoms with Crippen LogP contribution in [0.1, 0.15) is 50.4 Å². The van der Waals surface area contributed by atoms with Crippen molar-refractivity contribution in [3.05, 3.63) is 54.0 Å². The van der Waals surface area contributed by atoms with Gasteiger partial charge in [0.15, 0.2) is 0 Å². The van der Waals surface area contributed by atoms with Crippen molar-refractivity contribution in [2.45, 2.75) is 56.4 Å². The number of furan rings is 1. The Balaban J connectivity index is 1.32. The number of rotatable bonds is 10. The molecule has 2 heterocycles. The van der Waals surface area contributed by atoms with Crippen LogP contribution in [0, 0.1) is 0 Å². The third-order valence-corrected chi connectivity index (χ3v) is 6.20. The maximum Gasteiger partial charge on any atom is 0.263 e. The van der Waals surface area contributed by atoms with Gasteiger partial charge in [0.05, 0.1) is 11.2 Å². The topological polar surface area (TPSA) is 101 Å². The van der Waals surface area contributed by atoms with Crippen molar-refractivity contribution in [3.8, 4) is 0 Å². The van der Waals surface area contributed by atoms with Gasteiger partial charge in [0, 0.05) is 31.0 Å². The van der Waals surface area contributed by atoms with Crippen LogP contribution in [0.2, 0.25) is 0 Å². The molecule has 0 bridgehead atoms. The van der Waals surface area contributed by atoms with E-state index in [0.717, 1.165) is 37.9 Å². The lowest BCUT2D eigenvalue weighted by Gasteiger charge is -2.13. The number of amides is 1. The Morgan fingerprint density at radius 3 is 2.79 bits per heavy atom. The molecule has 0 saturated carbocycles. The molecular weight excluding hydrogens is 390 g/mol. The second-order valence-electron chi connectivity index (χ2n) is 7.23. The van der Waals surface area contributed by atoms with Crippen molar-refractivity contribution in [3.63, 3.8) is 0 Å². The minimum Gasteiger partial charge on any atom is -0.469 e. The molecule has 2 N–H and O–H groups in total. The number of carbonyl (C=O) groups is 1. The Hall–Kier alpha value is -2.61. The summed E-state index contributed by atoms with van der Waals surface area (Å²) in [6.45, 7) is 2.52. The summed E-state index contributed by atoms with van der Waals surface area (Å²) in [6.07, 6.45) is 6.23. The second-order valence-corrected chi connectivity index (χ2v) is 8.88. The minimum atomic E-state index is -3.48. The lowest BCUT2D eigenvalue weighted by atomic mass is 10.1. The van der Waals surface area contributed by atoms with Crippen molar-refractivity contribution in [2.24, 2.45) is 4.99 Å². The van der Waals surface area contributed by atoms with E-state index < -0.39 is 10.0 Å². The van der Waals surface area contributed by atoms with Crippen LogP contribution in [0.15, 0.2) is 57.0 Å². The SMILES string of the molecule is CC(CCc1ccco1)NC(=O)CCCCCN=C1NS(=O)(=O)c2ccccc21. The molecule has 1 aliphatic heterocycles. The molecule has 1 aromatic carbocycles. The molecule has 0 fully saturated rings. The van der Waals surface area contributed by atoms with E-state index >= 15 is 0 Å². The molecule has 156 valence electrons. The lowest BCUT2D eigenvalue weighted by Crippen LogP contribution is -2.32. The maximum absolute atomic E-state index is 12.0. The van der Waals surface area contributed by atoms with Gasteiger partial charge in [-0.3, -0.25) is 14.5 Å². The summed E-state index contributed by atoms with van der Waals surface area (Å²) < 4.78 is 31.9. The molecule has 29 heavy (non-hydrogen) atoms. The number of amidine groups is 1. The average Bonchev–Trinajstić information content (AvgIpc) is 3.29. The molecule has 0 aliphatic carbocycles. The van der Waals surface area contributed by atoms with E-state index in [4.69, 9.17) is 4.42 Å². The number of aliphatic imine (C=N–C) groups is 1. The highest BCUT2D eigenvalue weighted by Crippen LogP contribution is 2.22.